The molecular weight excluding hydrogens is 324 g/mol. The molecule has 1 aromatic heterocycles. The summed E-state index contributed by atoms with van der Waals surface area (Å²) in [6.45, 7) is 2.51. The summed E-state index contributed by atoms with van der Waals surface area (Å²) in [5.74, 6) is 0.403. The molecule has 1 aromatic carbocycles. The number of pyridine rings is 1. The van der Waals surface area contributed by atoms with Gasteiger partial charge >= 0.3 is 0 Å². The molecule has 1 fully saturated rings. The number of imide groups is 1. The smallest absolute Gasteiger partial charge is 0.290 e. The van der Waals surface area contributed by atoms with Crippen molar-refractivity contribution in [3.63, 3.8) is 0 Å². The number of carbonyl (C=O) groups is 2. The minimum atomic E-state index is -0.351. The number of aryl methyl sites for hydroxylation is 1. The van der Waals surface area contributed by atoms with E-state index < -0.39 is 0 Å². The minimum Gasteiger partial charge on any atom is -0.493 e. The van der Waals surface area contributed by atoms with Gasteiger partial charge in [-0.25, -0.2) is 0 Å². The Bertz CT molecular complexity index is 800. The fraction of sp³-hybridized carbons (Fsp3) is 0.167. The van der Waals surface area contributed by atoms with Gasteiger partial charge < -0.3 is 4.74 Å². The van der Waals surface area contributed by atoms with E-state index in [0.29, 0.717) is 11.5 Å². The molecule has 2 aromatic rings. The van der Waals surface area contributed by atoms with E-state index in [1.807, 2.05) is 49.4 Å². The molecule has 1 N–H and O–H groups in total. The maximum absolute atomic E-state index is 11.5. The van der Waals surface area contributed by atoms with Crippen LogP contribution in [0.4, 0.5) is 4.79 Å². The Kier molecular flexibility index (Phi) is 4.96. The van der Waals surface area contributed by atoms with Gasteiger partial charge in [-0.2, -0.15) is 0 Å². The number of nitrogens with zero attached hydrogens (tertiary/aromatic N) is 1. The zero-order valence-corrected chi connectivity index (χ0v) is 13.9. The highest BCUT2D eigenvalue weighted by molar-refractivity contribution is 8.18. The molecule has 2 amide bonds. The summed E-state index contributed by atoms with van der Waals surface area (Å²) in [6, 6.07) is 13.3. The van der Waals surface area contributed by atoms with Gasteiger partial charge in [0.15, 0.2) is 0 Å². The zero-order valence-electron chi connectivity index (χ0n) is 13.1. The fourth-order valence-electron chi connectivity index (χ4n) is 2.24. The number of thioether (sulfide) groups is 1. The highest BCUT2D eigenvalue weighted by atomic mass is 32.2. The molecular formula is C18H16N2O3S. The monoisotopic (exact) mass is 340 g/mol. The first kappa shape index (κ1) is 16.3. The predicted octanol–water partition coefficient (Wildman–Crippen LogP) is 3.34. The largest absolute Gasteiger partial charge is 0.493 e. The second-order valence-electron chi connectivity index (χ2n) is 5.29. The van der Waals surface area contributed by atoms with Gasteiger partial charge in [0.25, 0.3) is 11.1 Å². The summed E-state index contributed by atoms with van der Waals surface area (Å²) < 4.78 is 5.71. The average Bonchev–Trinajstić information content (AvgIpc) is 2.87. The van der Waals surface area contributed by atoms with Gasteiger partial charge in [-0.05, 0) is 54.6 Å². The van der Waals surface area contributed by atoms with Crippen LogP contribution >= 0.6 is 11.8 Å². The molecule has 1 aliphatic rings. The number of hydrogen-bond donors (Lipinski definition) is 1. The van der Waals surface area contributed by atoms with Gasteiger partial charge in [0.2, 0.25) is 0 Å². The summed E-state index contributed by atoms with van der Waals surface area (Å²) in [5.41, 5.74) is 2.84. The Morgan fingerprint density at radius 3 is 2.62 bits per heavy atom. The van der Waals surface area contributed by atoms with Gasteiger partial charge in [0.05, 0.1) is 11.5 Å². The molecule has 5 nitrogen and oxygen atoms in total. The van der Waals surface area contributed by atoms with Crippen LogP contribution in [0.15, 0.2) is 47.4 Å². The SMILES string of the molecule is Cc1cccc(CCOc2ccc(C=C3SC(=O)NC3=O)cc2)n1. The third-order valence-electron chi connectivity index (χ3n) is 3.39. The number of nitrogens with one attached hydrogen (secondary N) is 1. The topological polar surface area (TPSA) is 68.3 Å². The molecule has 2 heterocycles. The van der Waals surface area contributed by atoms with Crippen LogP contribution in [-0.4, -0.2) is 22.7 Å². The Hall–Kier alpha value is -2.60. The third-order valence-corrected chi connectivity index (χ3v) is 4.20. The van der Waals surface area contributed by atoms with E-state index >= 15 is 0 Å². The van der Waals surface area contributed by atoms with Crippen molar-refractivity contribution in [2.24, 2.45) is 0 Å². The van der Waals surface area contributed by atoms with Crippen LogP contribution in [-0.2, 0) is 11.2 Å². The lowest BCUT2D eigenvalue weighted by atomic mass is 10.2. The molecule has 0 radical (unpaired) electrons. The molecule has 0 unspecified atom stereocenters. The quantitative estimate of drug-likeness (QED) is 0.846. The Labute approximate surface area is 144 Å². The number of ether oxygens (including phenoxy) is 1. The second kappa shape index (κ2) is 7.31. The van der Waals surface area contributed by atoms with Crippen molar-refractivity contribution in [3.05, 3.63) is 64.3 Å². The van der Waals surface area contributed by atoms with Crippen LogP contribution < -0.4 is 10.1 Å². The standard InChI is InChI=1S/C18H16N2O3S/c1-12-3-2-4-14(19-12)9-10-23-15-7-5-13(6-8-15)11-16-17(21)20-18(22)24-16/h2-8,11H,9-10H2,1H3,(H,20,21,22). The first-order valence-electron chi connectivity index (χ1n) is 7.50. The summed E-state index contributed by atoms with van der Waals surface area (Å²) in [4.78, 5) is 27.5. The summed E-state index contributed by atoms with van der Waals surface area (Å²) in [6.07, 6.45) is 2.43. The third kappa shape index (κ3) is 4.23. The average molecular weight is 340 g/mol. The van der Waals surface area contributed by atoms with Crippen LogP contribution in [0.5, 0.6) is 5.75 Å². The number of aromatic nitrogens is 1. The van der Waals surface area contributed by atoms with E-state index in [4.69, 9.17) is 4.74 Å². The van der Waals surface area contributed by atoms with Crippen LogP contribution in [0.3, 0.4) is 0 Å². The molecule has 0 saturated carbocycles. The van der Waals surface area contributed by atoms with Crippen molar-refractivity contribution < 1.29 is 14.3 Å². The molecule has 0 atom stereocenters. The molecule has 0 bridgehead atoms. The maximum atomic E-state index is 11.5. The van der Waals surface area contributed by atoms with Gasteiger partial charge in [-0.15, -0.1) is 0 Å². The van der Waals surface area contributed by atoms with E-state index in [9.17, 15) is 9.59 Å². The van der Waals surface area contributed by atoms with E-state index in [0.717, 1.165) is 40.9 Å². The molecule has 6 heteroatoms. The molecule has 3 rings (SSSR count). The van der Waals surface area contributed by atoms with Gasteiger partial charge in [-0.1, -0.05) is 18.2 Å². The van der Waals surface area contributed by atoms with Gasteiger partial charge in [-0.3, -0.25) is 19.9 Å². The second-order valence-corrected chi connectivity index (χ2v) is 6.30. The van der Waals surface area contributed by atoms with E-state index in [1.54, 1.807) is 6.08 Å². The first-order chi connectivity index (χ1) is 11.6. The predicted molar refractivity (Wildman–Crippen MR) is 93.7 cm³/mol. The van der Waals surface area contributed by atoms with Gasteiger partial charge in [0, 0.05) is 17.8 Å². The summed E-state index contributed by atoms with van der Waals surface area (Å²) >= 11 is 0.909. The number of hydrogen-bond acceptors (Lipinski definition) is 5. The summed E-state index contributed by atoms with van der Waals surface area (Å²) in [7, 11) is 0. The Morgan fingerprint density at radius 1 is 1.17 bits per heavy atom. The lowest BCUT2D eigenvalue weighted by molar-refractivity contribution is -0.115. The van der Waals surface area contributed by atoms with Gasteiger partial charge in [0.1, 0.15) is 5.75 Å². The zero-order chi connectivity index (χ0) is 16.9. The highest BCUT2D eigenvalue weighted by Crippen LogP contribution is 2.26. The van der Waals surface area contributed by atoms with E-state index in [1.165, 1.54) is 0 Å². The first-order valence-corrected chi connectivity index (χ1v) is 8.32. The van der Waals surface area contributed by atoms with Crippen LogP contribution in [0.1, 0.15) is 17.0 Å². The van der Waals surface area contributed by atoms with Crippen molar-refractivity contribution in [3.8, 4) is 5.75 Å². The van der Waals surface area contributed by atoms with Crippen LogP contribution in [0.2, 0.25) is 0 Å². The number of carbonyl (C=O) groups excluding carboxylic acids is 2. The van der Waals surface area contributed by atoms with Crippen molar-refractivity contribution in [1.82, 2.24) is 10.3 Å². The molecule has 1 aliphatic heterocycles. The number of rotatable bonds is 5. The minimum absolute atomic E-state index is 0.337. The maximum Gasteiger partial charge on any atom is 0.290 e. The Balaban J connectivity index is 1.56. The number of amides is 2. The number of benzene rings is 1. The lowest BCUT2D eigenvalue weighted by Crippen LogP contribution is -2.17. The van der Waals surface area contributed by atoms with Crippen molar-refractivity contribution in [2.75, 3.05) is 6.61 Å². The Morgan fingerprint density at radius 2 is 1.96 bits per heavy atom. The van der Waals surface area contributed by atoms with E-state index in [2.05, 4.69) is 10.3 Å². The van der Waals surface area contributed by atoms with Crippen molar-refractivity contribution in [2.45, 2.75) is 13.3 Å². The normalized spacial score (nSPS) is 15.6. The lowest BCUT2D eigenvalue weighted by Gasteiger charge is -2.06. The van der Waals surface area contributed by atoms with Crippen molar-refractivity contribution >= 4 is 29.0 Å². The molecule has 0 spiro atoms. The van der Waals surface area contributed by atoms with E-state index in [-0.39, 0.29) is 11.1 Å². The highest BCUT2D eigenvalue weighted by Gasteiger charge is 2.24. The molecule has 1 saturated heterocycles. The van der Waals surface area contributed by atoms with Crippen molar-refractivity contribution in [1.29, 1.82) is 0 Å². The van der Waals surface area contributed by atoms with Crippen LogP contribution in [0, 0.1) is 6.92 Å². The molecule has 122 valence electrons. The molecule has 0 aliphatic carbocycles. The summed E-state index contributed by atoms with van der Waals surface area (Å²) in [5, 5.41) is 1.90. The van der Waals surface area contributed by atoms with Crippen LogP contribution in [0.25, 0.3) is 6.08 Å². The molecule has 24 heavy (non-hydrogen) atoms. The fourth-order valence-corrected chi connectivity index (χ4v) is 2.93.